The number of aliphatic carboxylic acids is 1. The third kappa shape index (κ3) is 3.97. The van der Waals surface area contributed by atoms with E-state index in [0.29, 0.717) is 5.75 Å². The molecule has 0 saturated carbocycles. The van der Waals surface area contributed by atoms with Crippen molar-refractivity contribution in [1.29, 1.82) is 0 Å². The van der Waals surface area contributed by atoms with Crippen molar-refractivity contribution in [3.63, 3.8) is 0 Å². The van der Waals surface area contributed by atoms with E-state index in [1.165, 1.54) is 26.1 Å². The molecule has 120 valence electrons. The maximum absolute atomic E-state index is 12.0. The Kier molecular flexibility index (Phi) is 4.49. The highest BCUT2D eigenvalue weighted by Gasteiger charge is 2.30. The fraction of sp³-hybridized carbons (Fsp3) is 0.188. The van der Waals surface area contributed by atoms with Gasteiger partial charge in [-0.05, 0) is 26.0 Å². The summed E-state index contributed by atoms with van der Waals surface area (Å²) in [6.07, 6.45) is 1.27. The van der Waals surface area contributed by atoms with Crippen LogP contribution >= 0.6 is 0 Å². The van der Waals surface area contributed by atoms with Crippen molar-refractivity contribution in [3.05, 3.63) is 48.3 Å². The zero-order valence-electron chi connectivity index (χ0n) is 12.6. The second kappa shape index (κ2) is 6.35. The molecule has 0 aliphatic heterocycles. The molecule has 7 nitrogen and oxygen atoms in total. The van der Waals surface area contributed by atoms with Crippen molar-refractivity contribution in [3.8, 4) is 17.2 Å². The van der Waals surface area contributed by atoms with Crippen LogP contribution in [0.5, 0.6) is 17.2 Å². The molecule has 0 fully saturated rings. The zero-order valence-corrected chi connectivity index (χ0v) is 12.6. The zero-order chi connectivity index (χ0) is 17.0. The van der Waals surface area contributed by atoms with Gasteiger partial charge in [0.15, 0.2) is 11.4 Å². The van der Waals surface area contributed by atoms with Gasteiger partial charge >= 0.3 is 5.97 Å². The van der Waals surface area contributed by atoms with Crippen LogP contribution in [0.2, 0.25) is 0 Å². The molecule has 0 bridgehead atoms. The van der Waals surface area contributed by atoms with Gasteiger partial charge in [0.25, 0.3) is 5.91 Å². The van der Waals surface area contributed by atoms with Gasteiger partial charge < -0.3 is 20.3 Å². The molecule has 0 atom stereocenters. The van der Waals surface area contributed by atoms with E-state index in [0.717, 1.165) is 0 Å². The van der Waals surface area contributed by atoms with E-state index in [1.54, 1.807) is 24.3 Å². The number of carboxylic acid groups (broad SMARTS) is 1. The summed E-state index contributed by atoms with van der Waals surface area (Å²) in [5, 5.41) is 21.2. The Balaban J connectivity index is 2.16. The third-order valence-electron chi connectivity index (χ3n) is 3.00. The molecular weight excluding hydrogens is 300 g/mol. The van der Waals surface area contributed by atoms with Gasteiger partial charge in [-0.2, -0.15) is 0 Å². The number of para-hydroxylation sites is 1. The van der Waals surface area contributed by atoms with Crippen molar-refractivity contribution >= 4 is 11.9 Å². The van der Waals surface area contributed by atoms with E-state index in [2.05, 4.69) is 10.3 Å². The van der Waals surface area contributed by atoms with Gasteiger partial charge in [0.05, 0.1) is 6.20 Å². The normalized spacial score (nSPS) is 10.9. The molecular formula is C16H16N2O5. The van der Waals surface area contributed by atoms with E-state index in [9.17, 15) is 14.7 Å². The number of carboxylic acids is 1. The number of pyridine rings is 1. The van der Waals surface area contributed by atoms with Crippen LogP contribution in [0.1, 0.15) is 24.3 Å². The van der Waals surface area contributed by atoms with Gasteiger partial charge in [-0.15, -0.1) is 0 Å². The van der Waals surface area contributed by atoms with Crippen LogP contribution in [0, 0.1) is 0 Å². The lowest BCUT2D eigenvalue weighted by molar-refractivity contribution is -0.143. The molecule has 0 spiro atoms. The van der Waals surface area contributed by atoms with Gasteiger partial charge in [0, 0.05) is 6.07 Å². The van der Waals surface area contributed by atoms with E-state index < -0.39 is 23.2 Å². The highest BCUT2D eigenvalue weighted by Crippen LogP contribution is 2.26. The summed E-state index contributed by atoms with van der Waals surface area (Å²) in [6.45, 7) is 2.66. The molecule has 1 heterocycles. The molecule has 23 heavy (non-hydrogen) atoms. The molecule has 0 aliphatic carbocycles. The van der Waals surface area contributed by atoms with Crippen LogP contribution in [0.3, 0.4) is 0 Å². The molecule has 3 N–H and O–H groups in total. The van der Waals surface area contributed by atoms with Crippen molar-refractivity contribution in [2.45, 2.75) is 19.4 Å². The van der Waals surface area contributed by atoms with Crippen LogP contribution in [-0.4, -0.2) is 32.6 Å². The van der Waals surface area contributed by atoms with Crippen LogP contribution in [0.25, 0.3) is 0 Å². The number of carbonyl (C=O) groups excluding carboxylic acids is 1. The first-order valence-electron chi connectivity index (χ1n) is 6.77. The number of benzene rings is 1. The monoisotopic (exact) mass is 316 g/mol. The average Bonchev–Trinajstić information content (AvgIpc) is 2.47. The average molecular weight is 316 g/mol. The largest absolute Gasteiger partial charge is 0.505 e. The molecule has 2 aromatic rings. The van der Waals surface area contributed by atoms with Gasteiger partial charge in [-0.3, -0.25) is 4.79 Å². The summed E-state index contributed by atoms with van der Waals surface area (Å²) in [4.78, 5) is 26.9. The topological polar surface area (TPSA) is 109 Å². The lowest BCUT2D eigenvalue weighted by Gasteiger charge is -2.20. The second-order valence-corrected chi connectivity index (χ2v) is 5.34. The second-order valence-electron chi connectivity index (χ2n) is 5.34. The van der Waals surface area contributed by atoms with E-state index in [-0.39, 0.29) is 11.4 Å². The van der Waals surface area contributed by atoms with E-state index in [4.69, 9.17) is 9.84 Å². The van der Waals surface area contributed by atoms with Crippen molar-refractivity contribution < 1.29 is 24.5 Å². The summed E-state index contributed by atoms with van der Waals surface area (Å²) in [5.74, 6) is -1.59. The fourth-order valence-corrected chi connectivity index (χ4v) is 1.69. The van der Waals surface area contributed by atoms with Crippen LogP contribution < -0.4 is 10.1 Å². The summed E-state index contributed by atoms with van der Waals surface area (Å²) < 4.78 is 5.48. The number of amides is 1. The van der Waals surface area contributed by atoms with Gasteiger partial charge in [-0.1, -0.05) is 18.2 Å². The van der Waals surface area contributed by atoms with Crippen LogP contribution in [0.4, 0.5) is 0 Å². The van der Waals surface area contributed by atoms with E-state index >= 15 is 0 Å². The number of rotatable bonds is 5. The Labute approximate surface area is 132 Å². The predicted octanol–water partition coefficient (Wildman–Crippen LogP) is 2.17. The highest BCUT2D eigenvalue weighted by molar-refractivity contribution is 5.98. The first-order valence-corrected chi connectivity index (χ1v) is 6.77. The summed E-state index contributed by atoms with van der Waals surface area (Å²) >= 11 is 0. The molecule has 1 aromatic heterocycles. The number of aromatic nitrogens is 1. The molecule has 1 amide bonds. The van der Waals surface area contributed by atoms with Crippen molar-refractivity contribution in [1.82, 2.24) is 10.3 Å². The first kappa shape index (κ1) is 16.3. The molecule has 1 aromatic carbocycles. The Morgan fingerprint density at radius 2 is 1.83 bits per heavy atom. The number of ether oxygens (including phenoxy) is 1. The third-order valence-corrected chi connectivity index (χ3v) is 3.00. The minimum absolute atomic E-state index is 0.253. The van der Waals surface area contributed by atoms with Crippen molar-refractivity contribution in [2.24, 2.45) is 0 Å². The Hall–Kier alpha value is -3.09. The molecule has 0 radical (unpaired) electrons. The summed E-state index contributed by atoms with van der Waals surface area (Å²) in [6, 6.07) is 10.1. The predicted molar refractivity (Wildman–Crippen MR) is 81.6 cm³/mol. The number of nitrogens with one attached hydrogen (secondary N) is 1. The number of hydrogen-bond donors (Lipinski definition) is 3. The lowest BCUT2D eigenvalue weighted by atomic mass is 10.1. The quantitative estimate of drug-likeness (QED) is 0.780. The standard InChI is InChI=1S/C16H16N2O5/c1-16(2,15(21)22)18-14(20)13-12(19)8-11(9-17-13)23-10-6-4-3-5-7-10/h3-9,19H,1-2H3,(H,18,20)(H,21,22). The maximum atomic E-state index is 12.0. The van der Waals surface area contributed by atoms with Gasteiger partial charge in [0.2, 0.25) is 0 Å². The molecule has 0 saturated heterocycles. The van der Waals surface area contributed by atoms with Gasteiger partial charge in [0.1, 0.15) is 17.0 Å². The molecule has 7 heteroatoms. The Morgan fingerprint density at radius 3 is 2.39 bits per heavy atom. The number of aromatic hydroxyl groups is 1. The molecule has 0 aliphatic rings. The lowest BCUT2D eigenvalue weighted by Crippen LogP contribution is -2.49. The SMILES string of the molecule is CC(C)(NC(=O)c1ncc(Oc2ccccc2)cc1O)C(=O)O. The first-order chi connectivity index (χ1) is 10.8. The summed E-state index contributed by atoms with van der Waals surface area (Å²) in [5.41, 5.74) is -1.76. The van der Waals surface area contributed by atoms with Crippen LogP contribution in [0.15, 0.2) is 42.6 Å². The van der Waals surface area contributed by atoms with Crippen molar-refractivity contribution in [2.75, 3.05) is 0 Å². The highest BCUT2D eigenvalue weighted by atomic mass is 16.5. The summed E-state index contributed by atoms with van der Waals surface area (Å²) in [7, 11) is 0. The van der Waals surface area contributed by atoms with Crippen LogP contribution in [-0.2, 0) is 4.79 Å². The molecule has 0 unspecified atom stereocenters. The van der Waals surface area contributed by atoms with Gasteiger partial charge in [-0.25, -0.2) is 9.78 Å². The maximum Gasteiger partial charge on any atom is 0.328 e. The molecule has 2 rings (SSSR count). The number of carbonyl (C=O) groups is 2. The number of nitrogens with zero attached hydrogens (tertiary/aromatic N) is 1. The fourth-order valence-electron chi connectivity index (χ4n) is 1.69. The minimum atomic E-state index is -1.48. The van der Waals surface area contributed by atoms with E-state index in [1.807, 2.05) is 6.07 Å². The minimum Gasteiger partial charge on any atom is -0.505 e. The smallest absolute Gasteiger partial charge is 0.328 e. The Bertz CT molecular complexity index is 729. The number of hydrogen-bond acceptors (Lipinski definition) is 5. The Morgan fingerprint density at radius 1 is 1.17 bits per heavy atom.